The fraction of sp³-hybridized carbons (Fsp3) is 0.885. The minimum atomic E-state index is 0.200. The van der Waals surface area contributed by atoms with Gasteiger partial charge in [0.2, 0.25) is 0 Å². The first-order valence-electron chi connectivity index (χ1n) is 12.2. The van der Waals surface area contributed by atoms with E-state index in [-0.39, 0.29) is 5.41 Å². The molecule has 4 rings (SSSR count). The fourth-order valence-corrected chi connectivity index (χ4v) is 8.35. The zero-order valence-electron chi connectivity index (χ0n) is 19.0. The highest BCUT2D eigenvalue weighted by Crippen LogP contribution is 2.66. The molecule has 4 aliphatic rings. The number of hydroxylamine groups is 1. The van der Waals surface area contributed by atoms with E-state index in [2.05, 4.69) is 46.8 Å². The highest BCUT2D eigenvalue weighted by molar-refractivity contribution is 5.87. The Kier molecular flexibility index (Phi) is 5.47. The summed E-state index contributed by atoms with van der Waals surface area (Å²) >= 11 is 0. The van der Waals surface area contributed by atoms with Gasteiger partial charge in [-0.2, -0.15) is 0 Å². The standard InChI is InChI=1S/C26H43NO/c1-18(2)8-6-9-19(3)21-11-12-22-20-10-13-24-26(5,15-7-17-27(24)28)23(20)14-16-25(21,22)4/h6,9,18-23H,7-8,10-17H2,1-5H3/b9-6+/t19-,20+,21?,22+,23+,25-,26-/m1/s1. The minimum Gasteiger partial charge on any atom is -0.624 e. The maximum atomic E-state index is 12.6. The Morgan fingerprint density at radius 3 is 2.61 bits per heavy atom. The Hall–Kier alpha value is -0.790. The number of hydrogen-bond donors (Lipinski definition) is 0. The topological polar surface area (TPSA) is 26.1 Å². The zero-order chi connectivity index (χ0) is 20.1. The molecule has 0 bridgehead atoms. The second kappa shape index (κ2) is 7.47. The number of nitrogens with zero attached hydrogens (tertiary/aromatic N) is 1. The maximum absolute atomic E-state index is 12.6. The first-order valence-corrected chi connectivity index (χ1v) is 12.2. The lowest BCUT2D eigenvalue weighted by Crippen LogP contribution is -2.55. The summed E-state index contributed by atoms with van der Waals surface area (Å²) in [4.78, 5) is 0. The van der Waals surface area contributed by atoms with Crippen LogP contribution in [0.2, 0.25) is 0 Å². The van der Waals surface area contributed by atoms with Crippen LogP contribution in [-0.2, 0) is 0 Å². The monoisotopic (exact) mass is 385 g/mol. The third-order valence-corrected chi connectivity index (χ3v) is 9.74. The van der Waals surface area contributed by atoms with Gasteiger partial charge in [-0.25, -0.2) is 4.74 Å². The van der Waals surface area contributed by atoms with Gasteiger partial charge in [0.1, 0.15) is 0 Å². The van der Waals surface area contributed by atoms with E-state index in [0.29, 0.717) is 11.3 Å². The van der Waals surface area contributed by atoms with Gasteiger partial charge in [-0.05, 0) is 92.8 Å². The second-order valence-corrected chi connectivity index (χ2v) is 11.6. The van der Waals surface area contributed by atoms with Crippen molar-refractivity contribution in [3.63, 3.8) is 0 Å². The lowest BCUT2D eigenvalue weighted by Gasteiger charge is -2.57. The van der Waals surface area contributed by atoms with Crippen LogP contribution in [0.3, 0.4) is 0 Å². The average molecular weight is 386 g/mol. The molecule has 0 saturated heterocycles. The van der Waals surface area contributed by atoms with Crippen LogP contribution in [0.1, 0.15) is 92.4 Å². The normalized spacial score (nSPS) is 44.5. The largest absolute Gasteiger partial charge is 0.624 e. The predicted octanol–water partition coefficient (Wildman–Crippen LogP) is 6.83. The molecule has 3 aliphatic carbocycles. The highest BCUT2D eigenvalue weighted by Gasteiger charge is 2.61. The van der Waals surface area contributed by atoms with Gasteiger partial charge < -0.3 is 5.21 Å². The van der Waals surface area contributed by atoms with E-state index in [1.807, 2.05) is 0 Å². The number of fused-ring (bicyclic) bond motifs is 5. The molecule has 3 fully saturated rings. The highest BCUT2D eigenvalue weighted by atomic mass is 16.5. The molecule has 2 nitrogen and oxygen atoms in total. The third-order valence-electron chi connectivity index (χ3n) is 9.74. The van der Waals surface area contributed by atoms with Crippen molar-refractivity contribution in [3.8, 4) is 0 Å². The molecule has 158 valence electrons. The van der Waals surface area contributed by atoms with E-state index in [9.17, 15) is 5.21 Å². The lowest BCUT2D eigenvalue weighted by molar-refractivity contribution is -0.473. The first-order chi connectivity index (χ1) is 13.3. The van der Waals surface area contributed by atoms with Gasteiger partial charge in [0.05, 0.1) is 5.41 Å². The molecule has 28 heavy (non-hydrogen) atoms. The second-order valence-electron chi connectivity index (χ2n) is 11.6. The smallest absolute Gasteiger partial charge is 0.169 e. The summed E-state index contributed by atoms with van der Waals surface area (Å²) in [6.45, 7) is 12.9. The molecule has 3 saturated carbocycles. The Morgan fingerprint density at radius 2 is 1.86 bits per heavy atom. The molecule has 1 unspecified atom stereocenters. The average Bonchev–Trinajstić information content (AvgIpc) is 2.98. The summed E-state index contributed by atoms with van der Waals surface area (Å²) < 4.78 is 1.40. The van der Waals surface area contributed by atoms with Gasteiger partial charge in [-0.3, -0.25) is 0 Å². The van der Waals surface area contributed by atoms with Crippen molar-refractivity contribution in [2.45, 2.75) is 92.4 Å². The molecule has 2 heteroatoms. The molecule has 0 aromatic carbocycles. The number of hydrogen-bond acceptors (Lipinski definition) is 1. The van der Waals surface area contributed by atoms with Crippen LogP contribution in [0.15, 0.2) is 12.2 Å². The SMILES string of the molecule is CC(C)C/C=C/[C@@H](C)C1CC[C@H]2[C@@H]3CCC4=[N+]([O-])CCC[C@]4(C)[C@H]3CC[C@]12C. The molecule has 0 aromatic heterocycles. The van der Waals surface area contributed by atoms with Crippen LogP contribution in [0.4, 0.5) is 0 Å². The first kappa shape index (κ1) is 20.5. The van der Waals surface area contributed by atoms with Gasteiger partial charge in [0.25, 0.3) is 0 Å². The van der Waals surface area contributed by atoms with E-state index >= 15 is 0 Å². The Labute approximate surface area is 173 Å². The van der Waals surface area contributed by atoms with Crippen molar-refractivity contribution in [2.75, 3.05) is 6.54 Å². The molecular weight excluding hydrogens is 342 g/mol. The van der Waals surface area contributed by atoms with Gasteiger partial charge in [0, 0.05) is 12.8 Å². The van der Waals surface area contributed by atoms with Crippen molar-refractivity contribution >= 4 is 5.71 Å². The number of rotatable bonds is 4. The predicted molar refractivity (Wildman–Crippen MR) is 118 cm³/mol. The van der Waals surface area contributed by atoms with Gasteiger partial charge in [-0.1, -0.05) is 39.8 Å². The van der Waals surface area contributed by atoms with Crippen molar-refractivity contribution < 1.29 is 4.74 Å². The molecule has 0 N–H and O–H groups in total. The van der Waals surface area contributed by atoms with Crippen LogP contribution >= 0.6 is 0 Å². The van der Waals surface area contributed by atoms with Crippen molar-refractivity contribution in [1.82, 2.24) is 0 Å². The number of allylic oxidation sites excluding steroid dienone is 2. The summed E-state index contributed by atoms with van der Waals surface area (Å²) in [6.07, 6.45) is 16.5. The zero-order valence-corrected chi connectivity index (χ0v) is 19.0. The molecule has 0 radical (unpaired) electrons. The van der Waals surface area contributed by atoms with E-state index in [1.165, 1.54) is 55.4 Å². The Bertz CT molecular complexity index is 649. The van der Waals surface area contributed by atoms with E-state index in [1.54, 1.807) is 0 Å². The van der Waals surface area contributed by atoms with Crippen LogP contribution in [0.5, 0.6) is 0 Å². The van der Waals surface area contributed by atoms with Gasteiger partial charge >= 0.3 is 0 Å². The van der Waals surface area contributed by atoms with E-state index in [4.69, 9.17) is 0 Å². The molecule has 1 heterocycles. The Balaban J connectivity index is 1.54. The maximum Gasteiger partial charge on any atom is 0.169 e. The summed E-state index contributed by atoms with van der Waals surface area (Å²) in [5, 5.41) is 12.6. The van der Waals surface area contributed by atoms with Crippen LogP contribution in [0.25, 0.3) is 0 Å². The van der Waals surface area contributed by atoms with Crippen molar-refractivity contribution in [1.29, 1.82) is 0 Å². The van der Waals surface area contributed by atoms with Crippen LogP contribution in [0, 0.1) is 51.5 Å². The summed E-state index contributed by atoms with van der Waals surface area (Å²) in [7, 11) is 0. The quantitative estimate of drug-likeness (QED) is 0.296. The molecular formula is C26H43NO. The van der Waals surface area contributed by atoms with E-state index < -0.39 is 0 Å². The molecule has 0 spiro atoms. The van der Waals surface area contributed by atoms with Gasteiger partial charge in [-0.15, -0.1) is 0 Å². The van der Waals surface area contributed by atoms with E-state index in [0.717, 1.165) is 49.0 Å². The molecule has 7 atom stereocenters. The third kappa shape index (κ3) is 3.18. The van der Waals surface area contributed by atoms with Gasteiger partial charge in [0.15, 0.2) is 12.3 Å². The van der Waals surface area contributed by atoms with Crippen LogP contribution < -0.4 is 0 Å². The summed E-state index contributed by atoms with van der Waals surface area (Å²) in [6, 6.07) is 0. The summed E-state index contributed by atoms with van der Waals surface area (Å²) in [5.74, 6) is 4.82. The lowest BCUT2D eigenvalue weighted by atomic mass is 9.47. The minimum absolute atomic E-state index is 0.200. The molecule has 1 aliphatic heterocycles. The molecule has 0 aromatic rings. The Morgan fingerprint density at radius 1 is 1.07 bits per heavy atom. The molecule has 0 amide bonds. The fourth-order valence-electron chi connectivity index (χ4n) is 8.35. The van der Waals surface area contributed by atoms with Crippen molar-refractivity contribution in [3.05, 3.63) is 17.4 Å². The van der Waals surface area contributed by atoms with Crippen molar-refractivity contribution in [2.24, 2.45) is 46.3 Å². The summed E-state index contributed by atoms with van der Waals surface area (Å²) in [5.41, 5.74) is 1.98. The van der Waals surface area contributed by atoms with Crippen LogP contribution in [-0.4, -0.2) is 17.0 Å².